The summed E-state index contributed by atoms with van der Waals surface area (Å²) < 4.78 is 6.30. The number of amides is 1. The summed E-state index contributed by atoms with van der Waals surface area (Å²) in [5.74, 6) is -1.04. The molecule has 0 radical (unpaired) electrons. The van der Waals surface area contributed by atoms with Crippen LogP contribution in [-0.2, 0) is 9.53 Å². The number of nitriles is 1. The van der Waals surface area contributed by atoms with Crippen LogP contribution in [0.1, 0.15) is 49.5 Å². The Balaban J connectivity index is 1.66. The molecule has 2 aromatic rings. The molecule has 8 heteroatoms. The van der Waals surface area contributed by atoms with Crippen molar-refractivity contribution in [2.45, 2.75) is 50.7 Å². The van der Waals surface area contributed by atoms with Crippen molar-refractivity contribution in [3.8, 4) is 17.3 Å². The number of aromatic amines is 1. The lowest BCUT2D eigenvalue weighted by Gasteiger charge is -2.39. The van der Waals surface area contributed by atoms with Gasteiger partial charge in [0.1, 0.15) is 11.2 Å². The van der Waals surface area contributed by atoms with E-state index in [0.29, 0.717) is 18.5 Å². The van der Waals surface area contributed by atoms with Crippen LogP contribution in [0.2, 0.25) is 0 Å². The molecular weight excluding hydrogens is 436 g/mol. The highest BCUT2D eigenvalue weighted by atomic mass is 79.9. The van der Waals surface area contributed by atoms with Gasteiger partial charge in [-0.3, -0.25) is 9.89 Å². The maximum absolute atomic E-state index is 12.8. The first-order valence-corrected chi connectivity index (χ1v) is 10.4. The van der Waals surface area contributed by atoms with Gasteiger partial charge in [-0.05, 0) is 38.0 Å². The second-order valence-electron chi connectivity index (χ2n) is 7.32. The Kier molecular flexibility index (Phi) is 6.38. The molecule has 0 unspecified atom stereocenters. The summed E-state index contributed by atoms with van der Waals surface area (Å²) in [4.78, 5) is 26.7. The summed E-state index contributed by atoms with van der Waals surface area (Å²) in [6, 6.07) is 11.4. The fourth-order valence-corrected chi connectivity index (χ4v) is 3.88. The Hall–Kier alpha value is -2.66. The Bertz CT molecular complexity index is 926. The van der Waals surface area contributed by atoms with Gasteiger partial charge in [0.05, 0.1) is 11.8 Å². The number of rotatable bonds is 5. The monoisotopic (exact) mass is 458 g/mol. The Labute approximate surface area is 178 Å². The molecule has 1 aromatic heterocycles. The molecule has 1 heterocycles. The minimum absolute atomic E-state index is 0.165. The molecular formula is C21H23BrN4O3. The van der Waals surface area contributed by atoms with Gasteiger partial charge >= 0.3 is 5.97 Å². The summed E-state index contributed by atoms with van der Waals surface area (Å²) in [6.45, 7) is 1.52. The third-order valence-corrected chi connectivity index (χ3v) is 5.96. The maximum atomic E-state index is 12.8. The molecule has 1 aliphatic rings. The number of nitrogens with one attached hydrogen (secondary N) is 1. The number of benzene rings is 1. The minimum atomic E-state index is -1.00. The molecule has 0 bridgehead atoms. The Morgan fingerprint density at radius 3 is 2.55 bits per heavy atom. The van der Waals surface area contributed by atoms with E-state index in [1.54, 1.807) is 13.1 Å². The van der Waals surface area contributed by atoms with E-state index in [9.17, 15) is 14.9 Å². The topological polar surface area (TPSA) is 99.1 Å². The SMILES string of the molecule is C[C@@H](OC(=O)c1cc(-c2ccc(Br)cc2)n[nH]1)C(=O)N(C)C1(C#N)CCCCC1. The molecule has 0 spiro atoms. The fraction of sp³-hybridized carbons (Fsp3) is 0.429. The molecule has 29 heavy (non-hydrogen) atoms. The number of carbonyl (C=O) groups excluding carboxylic acids is 2. The number of carbonyl (C=O) groups is 2. The maximum Gasteiger partial charge on any atom is 0.357 e. The van der Waals surface area contributed by atoms with Crippen molar-refractivity contribution in [1.29, 1.82) is 5.26 Å². The average Bonchev–Trinajstić information content (AvgIpc) is 3.24. The summed E-state index contributed by atoms with van der Waals surface area (Å²) in [7, 11) is 1.61. The number of H-pyrrole nitrogens is 1. The molecule has 1 saturated carbocycles. The zero-order valence-corrected chi connectivity index (χ0v) is 18.0. The normalized spacial score (nSPS) is 16.5. The van der Waals surface area contributed by atoms with Crippen molar-refractivity contribution in [3.05, 3.63) is 40.5 Å². The van der Waals surface area contributed by atoms with E-state index in [-0.39, 0.29) is 11.6 Å². The first-order chi connectivity index (χ1) is 13.9. The second kappa shape index (κ2) is 8.78. The van der Waals surface area contributed by atoms with Gasteiger partial charge in [-0.1, -0.05) is 47.3 Å². The smallest absolute Gasteiger partial charge is 0.357 e. The lowest BCUT2D eigenvalue weighted by Crippen LogP contribution is -2.53. The van der Waals surface area contributed by atoms with Gasteiger partial charge in [-0.2, -0.15) is 10.4 Å². The third-order valence-electron chi connectivity index (χ3n) is 5.43. The van der Waals surface area contributed by atoms with E-state index in [1.165, 1.54) is 11.8 Å². The van der Waals surface area contributed by atoms with Crippen molar-refractivity contribution < 1.29 is 14.3 Å². The Morgan fingerprint density at radius 2 is 1.93 bits per heavy atom. The fourth-order valence-electron chi connectivity index (χ4n) is 3.61. The summed E-state index contributed by atoms with van der Waals surface area (Å²) in [6.07, 6.45) is 3.17. The van der Waals surface area contributed by atoms with E-state index in [2.05, 4.69) is 32.2 Å². The van der Waals surface area contributed by atoms with Crippen LogP contribution in [0, 0.1) is 11.3 Å². The van der Waals surface area contributed by atoms with Gasteiger partial charge < -0.3 is 9.64 Å². The van der Waals surface area contributed by atoms with Gasteiger partial charge in [0.2, 0.25) is 0 Å². The predicted molar refractivity (Wildman–Crippen MR) is 111 cm³/mol. The number of aromatic nitrogens is 2. The quantitative estimate of drug-likeness (QED) is 0.680. The molecule has 1 N–H and O–H groups in total. The van der Waals surface area contributed by atoms with E-state index < -0.39 is 17.6 Å². The van der Waals surface area contributed by atoms with Crippen LogP contribution in [0.5, 0.6) is 0 Å². The number of likely N-dealkylation sites (N-methyl/N-ethyl adjacent to an activating group) is 1. The van der Waals surface area contributed by atoms with E-state index >= 15 is 0 Å². The van der Waals surface area contributed by atoms with Crippen molar-refractivity contribution in [2.24, 2.45) is 0 Å². The minimum Gasteiger partial charge on any atom is -0.448 e. The van der Waals surface area contributed by atoms with Crippen molar-refractivity contribution >= 4 is 27.8 Å². The molecule has 1 aromatic carbocycles. The molecule has 0 aliphatic heterocycles. The highest BCUT2D eigenvalue weighted by Crippen LogP contribution is 2.33. The van der Waals surface area contributed by atoms with E-state index in [1.807, 2.05) is 24.3 Å². The van der Waals surface area contributed by atoms with Gasteiger partial charge in [-0.15, -0.1) is 0 Å². The number of halogens is 1. The van der Waals surface area contributed by atoms with Crippen LogP contribution in [0.4, 0.5) is 0 Å². The summed E-state index contributed by atoms with van der Waals surface area (Å²) in [5, 5.41) is 16.5. The second-order valence-corrected chi connectivity index (χ2v) is 8.24. The number of hydrogen-bond acceptors (Lipinski definition) is 5. The molecule has 1 aliphatic carbocycles. The largest absolute Gasteiger partial charge is 0.448 e. The lowest BCUT2D eigenvalue weighted by molar-refractivity contribution is -0.143. The van der Waals surface area contributed by atoms with Crippen LogP contribution < -0.4 is 0 Å². The molecule has 152 valence electrons. The van der Waals surface area contributed by atoms with Crippen LogP contribution >= 0.6 is 15.9 Å². The number of hydrogen-bond donors (Lipinski definition) is 1. The molecule has 1 amide bonds. The first kappa shape index (κ1) is 21.1. The van der Waals surface area contributed by atoms with Gasteiger partial charge in [0, 0.05) is 17.1 Å². The lowest BCUT2D eigenvalue weighted by atomic mass is 9.81. The average molecular weight is 459 g/mol. The zero-order valence-electron chi connectivity index (χ0n) is 16.4. The summed E-state index contributed by atoms with van der Waals surface area (Å²) >= 11 is 3.38. The van der Waals surface area contributed by atoms with E-state index in [4.69, 9.17) is 4.74 Å². The first-order valence-electron chi connectivity index (χ1n) is 9.57. The molecule has 1 fully saturated rings. The molecule has 1 atom stereocenters. The van der Waals surface area contributed by atoms with Crippen molar-refractivity contribution in [1.82, 2.24) is 15.1 Å². The van der Waals surface area contributed by atoms with E-state index in [0.717, 1.165) is 29.3 Å². The summed E-state index contributed by atoms with van der Waals surface area (Å²) in [5.41, 5.74) is 0.795. The third kappa shape index (κ3) is 4.51. The highest BCUT2D eigenvalue weighted by Gasteiger charge is 2.40. The number of ether oxygens (including phenoxy) is 1. The van der Waals surface area contributed by atoms with Gasteiger partial charge in [-0.25, -0.2) is 4.79 Å². The van der Waals surface area contributed by atoms with Gasteiger partial charge in [0.15, 0.2) is 6.10 Å². The Morgan fingerprint density at radius 1 is 1.28 bits per heavy atom. The van der Waals surface area contributed by atoms with Crippen LogP contribution in [0.15, 0.2) is 34.8 Å². The predicted octanol–water partition coefficient (Wildman–Crippen LogP) is 4.07. The van der Waals surface area contributed by atoms with Crippen molar-refractivity contribution in [2.75, 3.05) is 7.05 Å². The molecule has 7 nitrogen and oxygen atoms in total. The van der Waals surface area contributed by atoms with Crippen molar-refractivity contribution in [3.63, 3.8) is 0 Å². The van der Waals surface area contributed by atoms with Crippen LogP contribution in [0.25, 0.3) is 11.3 Å². The molecule has 3 rings (SSSR count). The molecule has 0 saturated heterocycles. The zero-order chi connectivity index (χ0) is 21.0. The number of esters is 1. The number of nitrogens with zero attached hydrogens (tertiary/aromatic N) is 3. The standard InChI is InChI=1S/C21H23BrN4O3/c1-14(19(27)26(2)21(13-23)10-4-3-5-11-21)29-20(28)18-12-17(24-25-18)15-6-8-16(22)9-7-15/h6-9,12,14H,3-5,10-11H2,1-2H3,(H,24,25)/t14-/m1/s1. The van der Waals surface area contributed by atoms with Crippen LogP contribution in [0.3, 0.4) is 0 Å². The van der Waals surface area contributed by atoms with Crippen LogP contribution in [-0.4, -0.2) is 45.7 Å². The highest BCUT2D eigenvalue weighted by molar-refractivity contribution is 9.10. The van der Waals surface area contributed by atoms with Gasteiger partial charge in [0.25, 0.3) is 5.91 Å².